The summed E-state index contributed by atoms with van der Waals surface area (Å²) in [6.07, 6.45) is 4.01. The van der Waals surface area contributed by atoms with Gasteiger partial charge in [-0.25, -0.2) is 0 Å². The summed E-state index contributed by atoms with van der Waals surface area (Å²) in [6.45, 7) is 10.7. The molecule has 8 nitrogen and oxygen atoms in total. The molecule has 1 aromatic carbocycles. The summed E-state index contributed by atoms with van der Waals surface area (Å²) in [6, 6.07) is 9.87. The first kappa shape index (κ1) is 32.9. The standard InChI is InChI=1S/C20H24NO7.3C4H9.Sn/c1-19(2)27-16-18(28-19)26-15-14(22)10-9-13(17(23)24-3)20(15,16)21-25-11-12-7-5-4-6-8-12;3*1-3-4-2;/h4-8,14-16,18,21-22H,10-11H2,1-3H3;3*1,3-4H2,2H3;/t14-,15-,16+,18-,20-;;;;/m1..../s1. The van der Waals surface area contributed by atoms with E-state index in [0.29, 0.717) is 12.0 Å². The summed E-state index contributed by atoms with van der Waals surface area (Å²) in [5.74, 6) is -1.32. The molecular weight excluding hydrogens is 629 g/mol. The van der Waals surface area contributed by atoms with Crippen molar-refractivity contribution in [2.45, 2.75) is 135 Å². The average molecular weight is 680 g/mol. The molecule has 0 amide bonds. The number of benzene rings is 1. The number of nitrogens with one attached hydrogen (secondary N) is 1. The number of rotatable bonds is 15. The van der Waals surface area contributed by atoms with Crippen molar-refractivity contribution in [3.05, 3.63) is 45.1 Å². The van der Waals surface area contributed by atoms with Gasteiger partial charge in [-0.3, -0.25) is 0 Å². The Balaban J connectivity index is 1.91. The van der Waals surface area contributed by atoms with Gasteiger partial charge in [0.05, 0.1) is 0 Å². The van der Waals surface area contributed by atoms with E-state index < -0.39 is 60.3 Å². The molecular formula is C32H51NO7Sn. The van der Waals surface area contributed by atoms with E-state index in [9.17, 15) is 9.90 Å². The summed E-state index contributed by atoms with van der Waals surface area (Å²) in [4.78, 5) is 20.3. The van der Waals surface area contributed by atoms with Crippen LogP contribution in [0.25, 0.3) is 0 Å². The summed E-state index contributed by atoms with van der Waals surface area (Å²) in [5.41, 5.74) is 3.58. The quantitative estimate of drug-likeness (QED) is 0.134. The maximum absolute atomic E-state index is 14.1. The van der Waals surface area contributed by atoms with E-state index in [4.69, 9.17) is 23.8 Å². The molecule has 2 saturated heterocycles. The second-order valence-electron chi connectivity index (χ2n) is 12.4. The summed E-state index contributed by atoms with van der Waals surface area (Å²) >= 11 is -3.28. The molecule has 9 heteroatoms. The van der Waals surface area contributed by atoms with Crippen molar-refractivity contribution < 1.29 is 33.7 Å². The third-order valence-electron chi connectivity index (χ3n) is 9.09. The van der Waals surface area contributed by atoms with E-state index in [1.165, 1.54) is 10.7 Å². The van der Waals surface area contributed by atoms with Crippen LogP contribution in [-0.2, 0) is 35.2 Å². The van der Waals surface area contributed by atoms with Gasteiger partial charge in [0.1, 0.15) is 0 Å². The fraction of sp³-hybridized carbons (Fsp3) is 0.719. The Bertz CT molecular complexity index is 1030. The SMILES string of the molecule is CCC[CH2][Sn]([CH2]CCC)([CH2]CCC)[C]1=C(C(=O)OC)[C@@]2(NOCc3ccccc3)[C@H](O[C@@H]3OC(C)(C)O[C@@H]32)[C@H](O)C1. The van der Waals surface area contributed by atoms with Gasteiger partial charge in [-0.15, -0.1) is 0 Å². The van der Waals surface area contributed by atoms with Gasteiger partial charge >= 0.3 is 251 Å². The summed E-state index contributed by atoms with van der Waals surface area (Å²) in [5, 5.41) is 11.8. The number of fused-ring (bicyclic) bond motifs is 3. The van der Waals surface area contributed by atoms with Gasteiger partial charge in [0.2, 0.25) is 0 Å². The molecule has 2 aliphatic heterocycles. The molecule has 2 N–H and O–H groups in total. The third kappa shape index (κ3) is 6.74. The Morgan fingerprint density at radius 3 is 2.17 bits per heavy atom. The monoisotopic (exact) mass is 681 g/mol. The molecule has 0 unspecified atom stereocenters. The number of hydrogen-bond donors (Lipinski definition) is 2. The molecule has 4 rings (SSSR count). The maximum atomic E-state index is 14.1. The van der Waals surface area contributed by atoms with Crippen LogP contribution in [-0.4, -0.2) is 72.5 Å². The molecule has 1 aliphatic carbocycles. The van der Waals surface area contributed by atoms with Crippen LogP contribution in [0.2, 0.25) is 13.3 Å². The van der Waals surface area contributed by atoms with Crippen LogP contribution in [0.1, 0.15) is 85.1 Å². The van der Waals surface area contributed by atoms with Crippen LogP contribution >= 0.6 is 0 Å². The molecule has 5 atom stereocenters. The number of hydroxylamine groups is 1. The molecule has 1 aromatic rings. The van der Waals surface area contributed by atoms with Crippen LogP contribution < -0.4 is 5.48 Å². The number of unbranched alkanes of at least 4 members (excludes halogenated alkanes) is 3. The van der Waals surface area contributed by atoms with E-state index in [1.807, 2.05) is 44.2 Å². The number of carbonyl (C=O) groups is 1. The van der Waals surface area contributed by atoms with Crippen molar-refractivity contribution in [3.8, 4) is 0 Å². The first-order valence-electron chi connectivity index (χ1n) is 15.6. The Kier molecular flexibility index (Phi) is 11.4. The van der Waals surface area contributed by atoms with Crippen molar-refractivity contribution in [1.82, 2.24) is 5.48 Å². The minimum atomic E-state index is -3.28. The normalized spacial score (nSPS) is 29.0. The molecule has 230 valence electrons. The number of methoxy groups -OCH3 is 1. The fourth-order valence-corrected chi connectivity index (χ4v) is 24.9. The number of aliphatic hydroxyl groups excluding tert-OH is 1. The van der Waals surface area contributed by atoms with Gasteiger partial charge in [0.15, 0.2) is 0 Å². The molecule has 2 heterocycles. The summed E-state index contributed by atoms with van der Waals surface area (Å²) in [7, 11) is 1.44. The molecule has 3 aliphatic rings. The Morgan fingerprint density at radius 1 is 1.00 bits per heavy atom. The number of aliphatic hydroxyl groups is 1. The Hall–Kier alpha value is -1.01. The summed E-state index contributed by atoms with van der Waals surface area (Å²) < 4.78 is 29.3. The second-order valence-corrected chi connectivity index (χ2v) is 25.7. The van der Waals surface area contributed by atoms with Crippen molar-refractivity contribution in [3.63, 3.8) is 0 Å². The van der Waals surface area contributed by atoms with Crippen molar-refractivity contribution in [2.75, 3.05) is 7.11 Å². The molecule has 2 fully saturated rings. The zero-order valence-corrected chi connectivity index (χ0v) is 28.7. The van der Waals surface area contributed by atoms with Crippen LogP contribution in [0.4, 0.5) is 0 Å². The number of carbonyl (C=O) groups excluding carboxylic acids is 1. The molecule has 0 saturated carbocycles. The second kappa shape index (κ2) is 14.2. The zero-order valence-electron chi connectivity index (χ0n) is 25.9. The van der Waals surface area contributed by atoms with Gasteiger partial charge < -0.3 is 0 Å². The first-order chi connectivity index (χ1) is 19.7. The number of ether oxygens (including phenoxy) is 4. The fourth-order valence-electron chi connectivity index (χ4n) is 7.13. The van der Waals surface area contributed by atoms with E-state index in [1.54, 1.807) is 0 Å². The Labute approximate surface area is 250 Å². The van der Waals surface area contributed by atoms with Gasteiger partial charge in [0.25, 0.3) is 0 Å². The van der Waals surface area contributed by atoms with Crippen LogP contribution in [0.3, 0.4) is 0 Å². The molecule has 0 bridgehead atoms. The van der Waals surface area contributed by atoms with E-state index in [0.717, 1.165) is 57.4 Å². The third-order valence-corrected chi connectivity index (χ3v) is 25.3. The van der Waals surface area contributed by atoms with Crippen molar-refractivity contribution in [2.24, 2.45) is 0 Å². The molecule has 0 spiro atoms. The Morgan fingerprint density at radius 2 is 1.61 bits per heavy atom. The predicted octanol–water partition coefficient (Wildman–Crippen LogP) is 5.95. The van der Waals surface area contributed by atoms with E-state index in [2.05, 4.69) is 26.3 Å². The van der Waals surface area contributed by atoms with Gasteiger partial charge in [-0.2, -0.15) is 0 Å². The van der Waals surface area contributed by atoms with Crippen LogP contribution in [0.5, 0.6) is 0 Å². The van der Waals surface area contributed by atoms with E-state index >= 15 is 0 Å². The molecule has 0 radical (unpaired) electrons. The van der Waals surface area contributed by atoms with Gasteiger partial charge in [0, 0.05) is 0 Å². The number of hydrogen-bond acceptors (Lipinski definition) is 8. The van der Waals surface area contributed by atoms with Gasteiger partial charge in [-0.05, 0) is 0 Å². The molecule has 41 heavy (non-hydrogen) atoms. The van der Waals surface area contributed by atoms with Crippen LogP contribution in [0.15, 0.2) is 39.5 Å². The molecule has 0 aromatic heterocycles. The predicted molar refractivity (Wildman–Crippen MR) is 160 cm³/mol. The van der Waals surface area contributed by atoms with E-state index in [-0.39, 0.29) is 6.61 Å². The number of esters is 1. The first-order valence-corrected chi connectivity index (χ1v) is 23.1. The van der Waals surface area contributed by atoms with Crippen molar-refractivity contribution in [1.29, 1.82) is 0 Å². The average Bonchev–Trinajstić information content (AvgIpc) is 3.43. The van der Waals surface area contributed by atoms with Crippen LogP contribution in [0, 0.1) is 0 Å². The topological polar surface area (TPSA) is 95.5 Å². The van der Waals surface area contributed by atoms with Crippen molar-refractivity contribution >= 4 is 24.3 Å². The van der Waals surface area contributed by atoms with Gasteiger partial charge in [-0.1, -0.05) is 0 Å². The minimum absolute atomic E-state index is 0.271. The zero-order chi connectivity index (χ0) is 29.7.